The average molecular weight is 459 g/mol. The molecule has 0 spiro atoms. The topological polar surface area (TPSA) is 113 Å². The van der Waals surface area contributed by atoms with Crippen LogP contribution < -0.4 is 10.5 Å². The molecule has 0 aromatic heterocycles. The number of nitrogens with zero attached hydrogens (tertiary/aromatic N) is 2. The summed E-state index contributed by atoms with van der Waals surface area (Å²) in [6.07, 6.45) is 0.580. The molecule has 0 saturated carbocycles. The first kappa shape index (κ1) is 23.6. The highest BCUT2D eigenvalue weighted by atomic mass is 32.2. The second-order valence-corrected chi connectivity index (χ2v) is 9.91. The maximum Gasteiger partial charge on any atom is 0.265 e. The van der Waals surface area contributed by atoms with Crippen LogP contribution in [-0.4, -0.2) is 74.2 Å². The number of halogens is 2. The van der Waals surface area contributed by atoms with E-state index in [0.717, 1.165) is 11.3 Å². The van der Waals surface area contributed by atoms with Gasteiger partial charge in [0, 0.05) is 51.0 Å². The number of nitrogens with two attached hydrogens (primary N) is 1. The predicted molar refractivity (Wildman–Crippen MR) is 110 cm³/mol. The van der Waals surface area contributed by atoms with Crippen LogP contribution >= 0.6 is 0 Å². The largest absolute Gasteiger partial charge is 0.338 e. The van der Waals surface area contributed by atoms with Crippen molar-refractivity contribution in [3.05, 3.63) is 30.3 Å². The van der Waals surface area contributed by atoms with Gasteiger partial charge in [-0.15, -0.1) is 0 Å². The van der Waals surface area contributed by atoms with Gasteiger partial charge >= 0.3 is 0 Å². The van der Waals surface area contributed by atoms with E-state index >= 15 is 0 Å². The van der Waals surface area contributed by atoms with Gasteiger partial charge in [0.2, 0.25) is 21.8 Å². The molecular formula is C20H28F2N4O4S. The summed E-state index contributed by atoms with van der Waals surface area (Å²) in [6, 6.07) is 6.88. The number of hydrogen-bond acceptors (Lipinski definition) is 5. The van der Waals surface area contributed by atoms with Crippen molar-refractivity contribution in [2.24, 2.45) is 5.73 Å². The lowest BCUT2D eigenvalue weighted by molar-refractivity contribution is -0.148. The molecule has 2 heterocycles. The molecule has 1 aromatic carbocycles. The lowest BCUT2D eigenvalue weighted by Crippen LogP contribution is -2.51. The second-order valence-electron chi connectivity index (χ2n) is 8.14. The lowest BCUT2D eigenvalue weighted by atomic mass is 10.0. The summed E-state index contributed by atoms with van der Waals surface area (Å²) >= 11 is 0. The zero-order chi connectivity index (χ0) is 22.6. The van der Waals surface area contributed by atoms with Gasteiger partial charge < -0.3 is 15.5 Å². The number of likely N-dealkylation sites (tertiary alicyclic amines) is 2. The van der Waals surface area contributed by atoms with Crippen LogP contribution in [0, 0.1) is 0 Å². The summed E-state index contributed by atoms with van der Waals surface area (Å²) in [5, 5.41) is 0. The minimum Gasteiger partial charge on any atom is -0.338 e. The number of sulfonamides is 1. The predicted octanol–water partition coefficient (Wildman–Crippen LogP) is 0.931. The third-order valence-electron chi connectivity index (χ3n) is 5.63. The van der Waals surface area contributed by atoms with Crippen LogP contribution in [0.2, 0.25) is 0 Å². The minimum absolute atomic E-state index is 0.0784. The highest BCUT2D eigenvalue weighted by Gasteiger charge is 2.39. The Bertz CT molecular complexity index is 898. The third-order valence-corrected chi connectivity index (χ3v) is 7.07. The van der Waals surface area contributed by atoms with Gasteiger partial charge in [0.05, 0.1) is 11.4 Å². The van der Waals surface area contributed by atoms with Gasteiger partial charge in [-0.2, -0.15) is 0 Å². The Balaban J connectivity index is 1.53. The summed E-state index contributed by atoms with van der Waals surface area (Å²) in [7, 11) is -3.68. The van der Waals surface area contributed by atoms with E-state index in [1.54, 1.807) is 23.1 Å². The molecular weight excluding hydrogens is 430 g/mol. The Morgan fingerprint density at radius 3 is 2.71 bits per heavy atom. The van der Waals surface area contributed by atoms with Crippen molar-refractivity contribution in [1.29, 1.82) is 0 Å². The lowest BCUT2D eigenvalue weighted by Gasteiger charge is -2.34. The number of carbonyl (C=O) groups is 2. The Hall–Kier alpha value is -2.11. The highest BCUT2D eigenvalue weighted by Crippen LogP contribution is 2.27. The van der Waals surface area contributed by atoms with Crippen molar-refractivity contribution in [2.45, 2.75) is 55.0 Å². The van der Waals surface area contributed by atoms with Crippen LogP contribution in [-0.2, 0) is 19.6 Å². The van der Waals surface area contributed by atoms with E-state index in [9.17, 15) is 26.8 Å². The number of hydrogen-bond donors (Lipinski definition) is 2. The Kier molecular flexibility index (Phi) is 7.28. The van der Waals surface area contributed by atoms with Gasteiger partial charge in [-0.25, -0.2) is 21.9 Å². The number of nitrogens with one attached hydrogen (secondary N) is 1. The van der Waals surface area contributed by atoms with E-state index in [1.165, 1.54) is 12.1 Å². The summed E-state index contributed by atoms with van der Waals surface area (Å²) < 4.78 is 54.5. The van der Waals surface area contributed by atoms with Crippen LogP contribution in [0.1, 0.15) is 32.1 Å². The fourth-order valence-corrected chi connectivity index (χ4v) is 5.11. The van der Waals surface area contributed by atoms with Gasteiger partial charge in [0.1, 0.15) is 0 Å². The first-order chi connectivity index (χ1) is 14.6. The van der Waals surface area contributed by atoms with Crippen molar-refractivity contribution >= 4 is 21.8 Å². The standard InChI is InChI=1S/C20H28F2N4O4S/c21-20(22)9-8-18(27)25(14-20)13-15(23)11-19(28)26-10-4-5-16(26)12-24-31(29,30)17-6-2-1-3-7-17/h1-3,6-7,15-16,24H,4-5,8-14,23H2/t15-,16-/m0/s1. The first-order valence-electron chi connectivity index (χ1n) is 10.3. The molecule has 0 bridgehead atoms. The van der Waals surface area contributed by atoms with Crippen LogP contribution in [0.4, 0.5) is 8.78 Å². The molecule has 172 valence electrons. The Morgan fingerprint density at radius 2 is 2.00 bits per heavy atom. The molecule has 2 saturated heterocycles. The normalized spacial score (nSPS) is 22.5. The maximum atomic E-state index is 13.6. The van der Waals surface area contributed by atoms with Gasteiger partial charge in [0.25, 0.3) is 5.92 Å². The molecule has 3 rings (SSSR count). The van der Waals surface area contributed by atoms with E-state index in [0.29, 0.717) is 13.0 Å². The molecule has 11 heteroatoms. The van der Waals surface area contributed by atoms with Crippen LogP contribution in [0.25, 0.3) is 0 Å². The zero-order valence-electron chi connectivity index (χ0n) is 17.2. The molecule has 2 amide bonds. The first-order valence-corrected chi connectivity index (χ1v) is 11.8. The average Bonchev–Trinajstić information content (AvgIpc) is 3.19. The van der Waals surface area contributed by atoms with Crippen molar-refractivity contribution < 1.29 is 26.8 Å². The van der Waals surface area contributed by atoms with Crippen molar-refractivity contribution in [3.8, 4) is 0 Å². The van der Waals surface area contributed by atoms with Crippen molar-refractivity contribution in [1.82, 2.24) is 14.5 Å². The number of amides is 2. The van der Waals surface area contributed by atoms with Crippen LogP contribution in [0.15, 0.2) is 35.2 Å². The van der Waals surface area contributed by atoms with Gasteiger partial charge in [-0.3, -0.25) is 9.59 Å². The summed E-state index contributed by atoms with van der Waals surface area (Å²) in [4.78, 5) is 27.4. The molecule has 1 aromatic rings. The van der Waals surface area contributed by atoms with E-state index < -0.39 is 35.0 Å². The van der Waals surface area contributed by atoms with E-state index in [2.05, 4.69) is 4.72 Å². The number of rotatable bonds is 8. The number of alkyl halides is 2. The molecule has 0 unspecified atom stereocenters. The molecule has 2 atom stereocenters. The molecule has 0 aliphatic carbocycles. The Morgan fingerprint density at radius 1 is 1.29 bits per heavy atom. The maximum absolute atomic E-state index is 13.6. The fourth-order valence-electron chi connectivity index (χ4n) is 4.02. The fraction of sp³-hybridized carbons (Fsp3) is 0.600. The molecule has 2 fully saturated rings. The quantitative estimate of drug-likeness (QED) is 0.602. The number of carbonyl (C=O) groups excluding carboxylic acids is 2. The highest BCUT2D eigenvalue weighted by molar-refractivity contribution is 7.89. The van der Waals surface area contributed by atoms with Crippen molar-refractivity contribution in [3.63, 3.8) is 0 Å². The minimum atomic E-state index is -3.68. The SMILES string of the molecule is N[C@@H](CC(=O)N1CCC[C@H]1CNS(=O)(=O)c1ccccc1)CN1CC(F)(F)CCC1=O. The van der Waals surface area contributed by atoms with E-state index in [4.69, 9.17) is 5.73 Å². The smallest absolute Gasteiger partial charge is 0.265 e. The van der Waals surface area contributed by atoms with Crippen LogP contribution in [0.5, 0.6) is 0 Å². The number of piperidine rings is 1. The monoisotopic (exact) mass is 458 g/mol. The summed E-state index contributed by atoms with van der Waals surface area (Å²) in [5.41, 5.74) is 5.99. The summed E-state index contributed by atoms with van der Waals surface area (Å²) in [6.45, 7) is -0.236. The van der Waals surface area contributed by atoms with Gasteiger partial charge in [-0.05, 0) is 25.0 Å². The molecule has 3 N–H and O–H groups in total. The number of benzene rings is 1. The van der Waals surface area contributed by atoms with E-state index in [-0.39, 0.29) is 48.7 Å². The molecule has 2 aliphatic heterocycles. The molecule has 31 heavy (non-hydrogen) atoms. The molecule has 8 nitrogen and oxygen atoms in total. The third kappa shape index (κ3) is 6.20. The van der Waals surface area contributed by atoms with E-state index in [1.807, 2.05) is 0 Å². The van der Waals surface area contributed by atoms with Crippen molar-refractivity contribution in [2.75, 3.05) is 26.2 Å². The molecule has 0 radical (unpaired) electrons. The Labute approximate surface area is 180 Å². The molecule has 2 aliphatic rings. The van der Waals surface area contributed by atoms with Gasteiger partial charge in [0.15, 0.2) is 0 Å². The van der Waals surface area contributed by atoms with Crippen LogP contribution in [0.3, 0.4) is 0 Å². The summed E-state index contributed by atoms with van der Waals surface area (Å²) in [5.74, 6) is -3.60. The van der Waals surface area contributed by atoms with Gasteiger partial charge in [-0.1, -0.05) is 18.2 Å². The zero-order valence-corrected chi connectivity index (χ0v) is 18.0. The second kappa shape index (κ2) is 9.58.